The van der Waals surface area contributed by atoms with Crippen molar-refractivity contribution in [2.24, 2.45) is 0 Å². The standard InChI is InChI=1S/C14H22BrNO3/c1-4-19-7-5-6-16-10-11-8-12(15)14(18-3)13(9-11)17-2/h8-9,16H,4-7,10H2,1-3H3. The van der Waals surface area contributed by atoms with E-state index in [9.17, 15) is 0 Å². The van der Waals surface area contributed by atoms with Gasteiger partial charge in [0.05, 0.1) is 18.7 Å². The van der Waals surface area contributed by atoms with Gasteiger partial charge in [0.2, 0.25) is 0 Å². The Kier molecular flexibility index (Phi) is 7.86. The molecule has 0 aromatic heterocycles. The Hall–Kier alpha value is -0.780. The molecular formula is C14H22BrNO3. The highest BCUT2D eigenvalue weighted by atomic mass is 79.9. The summed E-state index contributed by atoms with van der Waals surface area (Å²) in [7, 11) is 3.28. The van der Waals surface area contributed by atoms with Crippen LogP contribution < -0.4 is 14.8 Å². The number of halogens is 1. The van der Waals surface area contributed by atoms with Crippen molar-refractivity contribution in [3.8, 4) is 11.5 Å². The molecule has 1 aromatic carbocycles. The molecule has 0 bridgehead atoms. The molecule has 0 aliphatic carbocycles. The van der Waals surface area contributed by atoms with E-state index in [1.165, 1.54) is 0 Å². The highest BCUT2D eigenvalue weighted by Gasteiger charge is 2.10. The van der Waals surface area contributed by atoms with Gasteiger partial charge in [-0.25, -0.2) is 0 Å². The van der Waals surface area contributed by atoms with Gasteiger partial charge in [-0.3, -0.25) is 0 Å². The molecule has 0 fully saturated rings. The van der Waals surface area contributed by atoms with E-state index in [4.69, 9.17) is 14.2 Å². The topological polar surface area (TPSA) is 39.7 Å². The van der Waals surface area contributed by atoms with Crippen molar-refractivity contribution < 1.29 is 14.2 Å². The molecule has 1 aromatic rings. The van der Waals surface area contributed by atoms with Gasteiger partial charge in [0, 0.05) is 19.8 Å². The molecule has 0 saturated heterocycles. The third-order valence-electron chi connectivity index (χ3n) is 2.67. The quantitative estimate of drug-likeness (QED) is 0.706. The second kappa shape index (κ2) is 9.18. The van der Waals surface area contributed by atoms with E-state index in [-0.39, 0.29) is 0 Å². The Labute approximate surface area is 123 Å². The first-order valence-corrected chi connectivity index (χ1v) is 7.21. The van der Waals surface area contributed by atoms with E-state index in [2.05, 4.69) is 21.2 Å². The number of hydrogen-bond acceptors (Lipinski definition) is 4. The van der Waals surface area contributed by atoms with Gasteiger partial charge in [0.1, 0.15) is 0 Å². The molecule has 5 heteroatoms. The lowest BCUT2D eigenvalue weighted by Crippen LogP contribution is -2.16. The largest absolute Gasteiger partial charge is 0.493 e. The SMILES string of the molecule is CCOCCCNCc1cc(Br)c(OC)c(OC)c1. The Balaban J connectivity index is 2.48. The van der Waals surface area contributed by atoms with Crippen molar-refractivity contribution in [3.63, 3.8) is 0 Å². The molecule has 1 N–H and O–H groups in total. The van der Waals surface area contributed by atoms with Crippen molar-refractivity contribution in [2.75, 3.05) is 34.0 Å². The first-order valence-electron chi connectivity index (χ1n) is 6.41. The smallest absolute Gasteiger partial charge is 0.174 e. The number of hydrogen-bond donors (Lipinski definition) is 1. The Bertz CT molecular complexity index is 385. The molecule has 0 aliphatic rings. The molecule has 0 unspecified atom stereocenters. The first-order chi connectivity index (χ1) is 9.22. The van der Waals surface area contributed by atoms with E-state index in [1.54, 1.807) is 14.2 Å². The monoisotopic (exact) mass is 331 g/mol. The molecule has 0 saturated carbocycles. The predicted molar refractivity (Wildman–Crippen MR) is 80.1 cm³/mol. The van der Waals surface area contributed by atoms with E-state index in [0.29, 0.717) is 0 Å². The van der Waals surface area contributed by atoms with Crippen LogP contribution >= 0.6 is 15.9 Å². The Morgan fingerprint density at radius 1 is 1.21 bits per heavy atom. The lowest BCUT2D eigenvalue weighted by Gasteiger charge is -2.12. The van der Waals surface area contributed by atoms with Gasteiger partial charge < -0.3 is 19.5 Å². The second-order valence-electron chi connectivity index (χ2n) is 4.04. The molecule has 108 valence electrons. The summed E-state index contributed by atoms with van der Waals surface area (Å²) in [5.41, 5.74) is 1.15. The van der Waals surface area contributed by atoms with Crippen molar-refractivity contribution in [3.05, 3.63) is 22.2 Å². The fraction of sp³-hybridized carbons (Fsp3) is 0.571. The van der Waals surface area contributed by atoms with E-state index >= 15 is 0 Å². The molecule has 4 nitrogen and oxygen atoms in total. The van der Waals surface area contributed by atoms with Gasteiger partial charge in [-0.15, -0.1) is 0 Å². The maximum atomic E-state index is 5.31. The van der Waals surface area contributed by atoms with Gasteiger partial charge in [0.15, 0.2) is 11.5 Å². The number of nitrogens with one attached hydrogen (secondary N) is 1. The molecule has 1 rings (SSSR count). The van der Waals surface area contributed by atoms with Crippen LogP contribution in [0.2, 0.25) is 0 Å². The highest BCUT2D eigenvalue weighted by molar-refractivity contribution is 9.10. The van der Waals surface area contributed by atoms with Crippen LogP contribution in [0.5, 0.6) is 11.5 Å². The third-order valence-corrected chi connectivity index (χ3v) is 3.26. The van der Waals surface area contributed by atoms with Crippen LogP contribution in [-0.2, 0) is 11.3 Å². The van der Waals surface area contributed by atoms with Gasteiger partial charge >= 0.3 is 0 Å². The van der Waals surface area contributed by atoms with E-state index in [1.807, 2.05) is 19.1 Å². The second-order valence-corrected chi connectivity index (χ2v) is 4.89. The summed E-state index contributed by atoms with van der Waals surface area (Å²) in [4.78, 5) is 0. The van der Waals surface area contributed by atoms with Crippen molar-refractivity contribution in [1.29, 1.82) is 0 Å². The summed E-state index contributed by atoms with van der Waals surface area (Å²) in [5.74, 6) is 1.46. The molecule has 0 amide bonds. The van der Waals surface area contributed by atoms with Crippen LogP contribution in [0.15, 0.2) is 16.6 Å². The molecular weight excluding hydrogens is 310 g/mol. The molecule has 0 atom stereocenters. The summed E-state index contributed by atoms with van der Waals surface area (Å²) in [6, 6.07) is 4.02. The van der Waals surface area contributed by atoms with Crippen molar-refractivity contribution in [1.82, 2.24) is 5.32 Å². The van der Waals surface area contributed by atoms with Crippen molar-refractivity contribution in [2.45, 2.75) is 19.9 Å². The summed E-state index contributed by atoms with van der Waals surface area (Å²) < 4.78 is 16.8. The van der Waals surface area contributed by atoms with Gasteiger partial charge in [-0.1, -0.05) is 0 Å². The summed E-state index contributed by atoms with van der Waals surface area (Å²) in [6.07, 6.45) is 1.02. The van der Waals surface area contributed by atoms with Gasteiger partial charge in [-0.05, 0) is 53.5 Å². The summed E-state index contributed by atoms with van der Waals surface area (Å²) in [6.45, 7) is 5.33. The minimum absolute atomic E-state index is 0.725. The molecule has 19 heavy (non-hydrogen) atoms. The fourth-order valence-corrected chi connectivity index (χ4v) is 2.40. The van der Waals surface area contributed by atoms with Crippen molar-refractivity contribution >= 4 is 15.9 Å². The van der Waals surface area contributed by atoms with Crippen LogP contribution in [0.1, 0.15) is 18.9 Å². The lowest BCUT2D eigenvalue weighted by atomic mass is 10.2. The summed E-state index contributed by atoms with van der Waals surface area (Å²) >= 11 is 3.49. The number of methoxy groups -OCH3 is 2. The van der Waals surface area contributed by atoms with Gasteiger partial charge in [-0.2, -0.15) is 0 Å². The van der Waals surface area contributed by atoms with Crippen LogP contribution in [0, 0.1) is 0 Å². The van der Waals surface area contributed by atoms with Crippen LogP contribution in [0.4, 0.5) is 0 Å². The van der Waals surface area contributed by atoms with Crippen LogP contribution in [-0.4, -0.2) is 34.0 Å². The van der Waals surface area contributed by atoms with Crippen LogP contribution in [0.25, 0.3) is 0 Å². The third kappa shape index (κ3) is 5.38. The van der Waals surface area contributed by atoms with E-state index in [0.717, 1.165) is 54.3 Å². The average Bonchev–Trinajstić information content (AvgIpc) is 2.42. The summed E-state index contributed by atoms with van der Waals surface area (Å²) in [5, 5.41) is 3.38. The molecule has 0 spiro atoms. The molecule has 0 aliphatic heterocycles. The normalized spacial score (nSPS) is 10.5. The minimum Gasteiger partial charge on any atom is -0.493 e. The number of ether oxygens (including phenoxy) is 3. The predicted octanol–water partition coefficient (Wildman–Crippen LogP) is 2.98. The molecule has 0 radical (unpaired) electrons. The van der Waals surface area contributed by atoms with Gasteiger partial charge in [0.25, 0.3) is 0 Å². The Morgan fingerprint density at radius 3 is 2.63 bits per heavy atom. The zero-order valence-corrected chi connectivity index (χ0v) is 13.4. The zero-order valence-electron chi connectivity index (χ0n) is 11.8. The van der Waals surface area contributed by atoms with E-state index < -0.39 is 0 Å². The highest BCUT2D eigenvalue weighted by Crippen LogP contribution is 2.36. The fourth-order valence-electron chi connectivity index (χ4n) is 1.75. The number of rotatable bonds is 9. The van der Waals surface area contributed by atoms with Crippen LogP contribution in [0.3, 0.4) is 0 Å². The maximum Gasteiger partial charge on any atom is 0.174 e. The first kappa shape index (κ1) is 16.3. The maximum absolute atomic E-state index is 5.31. The minimum atomic E-state index is 0.725. The number of benzene rings is 1. The molecule has 0 heterocycles. The average molecular weight is 332 g/mol. The zero-order chi connectivity index (χ0) is 14.1. The Morgan fingerprint density at radius 2 is 2.00 bits per heavy atom. The lowest BCUT2D eigenvalue weighted by molar-refractivity contribution is 0.144.